The van der Waals surface area contributed by atoms with E-state index in [0.29, 0.717) is 19.5 Å². The average molecular weight is 464 g/mol. The first-order chi connectivity index (χ1) is 16.0. The van der Waals surface area contributed by atoms with E-state index in [0.717, 1.165) is 24.3 Å². The summed E-state index contributed by atoms with van der Waals surface area (Å²) in [4.78, 5) is 17.4. The van der Waals surface area contributed by atoms with Crippen LogP contribution in [-0.4, -0.2) is 62.8 Å². The predicted molar refractivity (Wildman–Crippen MR) is 131 cm³/mol. The van der Waals surface area contributed by atoms with Gasteiger partial charge in [0.25, 0.3) is 0 Å². The van der Waals surface area contributed by atoms with Gasteiger partial charge in [-0.1, -0.05) is 66.7 Å². The summed E-state index contributed by atoms with van der Waals surface area (Å²) >= 11 is 0. The second kappa shape index (κ2) is 10.6. The van der Waals surface area contributed by atoms with E-state index < -0.39 is 10.0 Å². The molecule has 4 rings (SSSR count). The van der Waals surface area contributed by atoms with E-state index in [1.165, 1.54) is 4.31 Å². The van der Waals surface area contributed by atoms with Gasteiger partial charge in [-0.15, -0.1) is 0 Å². The standard InChI is InChI=1S/C26H29N3O3S/c30-26(28-20-18-27(19-21-28)24-12-6-2-7-13-24)22-29(17-16-23-10-4-1-5-11-23)33(31,32)25-14-8-3-9-15-25/h1-15H,16-22H2. The number of carbonyl (C=O) groups excluding carboxylic acids is 1. The van der Waals surface area contributed by atoms with Crippen molar-refractivity contribution < 1.29 is 13.2 Å². The number of hydrogen-bond acceptors (Lipinski definition) is 4. The third-order valence-electron chi connectivity index (χ3n) is 5.94. The highest BCUT2D eigenvalue weighted by Crippen LogP contribution is 2.18. The fraction of sp³-hybridized carbons (Fsp3) is 0.269. The quantitative estimate of drug-likeness (QED) is 0.515. The second-order valence-corrected chi connectivity index (χ2v) is 10.0. The third-order valence-corrected chi connectivity index (χ3v) is 7.80. The van der Waals surface area contributed by atoms with Crippen LogP contribution in [0.1, 0.15) is 5.56 Å². The molecule has 1 aliphatic heterocycles. The van der Waals surface area contributed by atoms with Gasteiger partial charge in [0, 0.05) is 38.4 Å². The van der Waals surface area contributed by atoms with E-state index in [4.69, 9.17) is 0 Å². The van der Waals surface area contributed by atoms with Crippen LogP contribution in [0.15, 0.2) is 95.9 Å². The van der Waals surface area contributed by atoms with E-state index in [1.54, 1.807) is 35.2 Å². The Morgan fingerprint density at radius 1 is 0.758 bits per heavy atom. The maximum atomic E-state index is 13.4. The molecule has 0 atom stereocenters. The van der Waals surface area contributed by atoms with E-state index in [-0.39, 0.29) is 23.9 Å². The van der Waals surface area contributed by atoms with Crippen molar-refractivity contribution in [1.29, 1.82) is 0 Å². The Balaban J connectivity index is 1.45. The number of carbonyl (C=O) groups is 1. The molecule has 1 fully saturated rings. The van der Waals surface area contributed by atoms with Gasteiger partial charge >= 0.3 is 0 Å². The van der Waals surface area contributed by atoms with Gasteiger partial charge in [-0.2, -0.15) is 4.31 Å². The largest absolute Gasteiger partial charge is 0.368 e. The second-order valence-electron chi connectivity index (χ2n) is 8.09. The zero-order valence-electron chi connectivity index (χ0n) is 18.6. The number of amides is 1. The molecule has 3 aromatic rings. The lowest BCUT2D eigenvalue weighted by atomic mass is 10.1. The van der Waals surface area contributed by atoms with Crippen molar-refractivity contribution in [2.75, 3.05) is 44.2 Å². The van der Waals surface area contributed by atoms with Crippen LogP contribution in [0.25, 0.3) is 0 Å². The highest BCUT2D eigenvalue weighted by atomic mass is 32.2. The number of rotatable bonds is 8. The van der Waals surface area contributed by atoms with Gasteiger partial charge in [0.1, 0.15) is 0 Å². The number of benzene rings is 3. The summed E-state index contributed by atoms with van der Waals surface area (Å²) in [7, 11) is -3.78. The molecule has 1 aliphatic rings. The SMILES string of the molecule is O=C(CN(CCc1ccccc1)S(=O)(=O)c1ccccc1)N1CCN(c2ccccc2)CC1. The number of anilines is 1. The molecule has 0 aromatic heterocycles. The van der Waals surface area contributed by atoms with Crippen LogP contribution in [0.3, 0.4) is 0 Å². The molecule has 1 saturated heterocycles. The monoisotopic (exact) mass is 463 g/mol. The summed E-state index contributed by atoms with van der Waals surface area (Å²) in [5.74, 6) is -0.157. The smallest absolute Gasteiger partial charge is 0.243 e. The molecule has 172 valence electrons. The zero-order chi connectivity index (χ0) is 23.1. The molecular weight excluding hydrogens is 434 g/mol. The van der Waals surface area contributed by atoms with Crippen LogP contribution in [-0.2, 0) is 21.2 Å². The van der Waals surface area contributed by atoms with Crippen molar-refractivity contribution in [2.24, 2.45) is 0 Å². The van der Waals surface area contributed by atoms with Crippen molar-refractivity contribution in [3.63, 3.8) is 0 Å². The number of sulfonamides is 1. The molecule has 6 nitrogen and oxygen atoms in total. The number of piperazine rings is 1. The molecule has 0 radical (unpaired) electrons. The Bertz CT molecular complexity index is 1130. The fourth-order valence-corrected chi connectivity index (χ4v) is 5.44. The summed E-state index contributed by atoms with van der Waals surface area (Å²) in [5.41, 5.74) is 2.18. The number of para-hydroxylation sites is 1. The normalized spacial score (nSPS) is 14.5. The van der Waals surface area contributed by atoms with Crippen molar-refractivity contribution in [3.8, 4) is 0 Å². The Kier molecular flexibility index (Phi) is 7.42. The van der Waals surface area contributed by atoms with Gasteiger partial charge in [0.2, 0.25) is 15.9 Å². The Morgan fingerprint density at radius 3 is 1.91 bits per heavy atom. The molecule has 7 heteroatoms. The topological polar surface area (TPSA) is 60.9 Å². The number of hydrogen-bond donors (Lipinski definition) is 0. The average Bonchev–Trinajstić information content (AvgIpc) is 2.88. The maximum absolute atomic E-state index is 13.4. The molecule has 0 N–H and O–H groups in total. The van der Waals surface area contributed by atoms with Crippen molar-refractivity contribution in [1.82, 2.24) is 9.21 Å². The first kappa shape index (κ1) is 23.0. The summed E-state index contributed by atoms with van der Waals surface area (Å²) in [6.45, 7) is 2.69. The lowest BCUT2D eigenvalue weighted by Crippen LogP contribution is -2.52. The first-order valence-corrected chi connectivity index (χ1v) is 12.6. The van der Waals surface area contributed by atoms with Gasteiger partial charge in [-0.3, -0.25) is 4.79 Å². The highest BCUT2D eigenvalue weighted by Gasteiger charge is 2.29. The molecule has 33 heavy (non-hydrogen) atoms. The molecule has 1 heterocycles. The van der Waals surface area contributed by atoms with Gasteiger partial charge in [0.15, 0.2) is 0 Å². The highest BCUT2D eigenvalue weighted by molar-refractivity contribution is 7.89. The lowest BCUT2D eigenvalue weighted by molar-refractivity contribution is -0.131. The maximum Gasteiger partial charge on any atom is 0.243 e. The van der Waals surface area contributed by atoms with Crippen LogP contribution >= 0.6 is 0 Å². The summed E-state index contributed by atoms with van der Waals surface area (Å²) in [6.07, 6.45) is 0.544. The van der Waals surface area contributed by atoms with Crippen molar-refractivity contribution in [3.05, 3.63) is 96.6 Å². The zero-order valence-corrected chi connectivity index (χ0v) is 19.4. The van der Waals surface area contributed by atoms with Crippen LogP contribution in [0.4, 0.5) is 5.69 Å². The van der Waals surface area contributed by atoms with Crippen molar-refractivity contribution in [2.45, 2.75) is 11.3 Å². The van der Waals surface area contributed by atoms with E-state index >= 15 is 0 Å². The summed E-state index contributed by atoms with van der Waals surface area (Å²) < 4.78 is 28.0. The van der Waals surface area contributed by atoms with Crippen LogP contribution < -0.4 is 4.90 Å². The Hall–Kier alpha value is -3.16. The van der Waals surface area contributed by atoms with E-state index in [1.807, 2.05) is 48.5 Å². The number of nitrogens with zero attached hydrogens (tertiary/aromatic N) is 3. The van der Waals surface area contributed by atoms with Crippen LogP contribution in [0, 0.1) is 0 Å². The third kappa shape index (κ3) is 5.80. The van der Waals surface area contributed by atoms with E-state index in [2.05, 4.69) is 17.0 Å². The van der Waals surface area contributed by atoms with Crippen LogP contribution in [0.5, 0.6) is 0 Å². The molecule has 0 bridgehead atoms. The van der Waals surface area contributed by atoms with E-state index in [9.17, 15) is 13.2 Å². The molecule has 0 unspecified atom stereocenters. The van der Waals surface area contributed by atoms with Crippen molar-refractivity contribution >= 4 is 21.6 Å². The molecule has 0 aliphatic carbocycles. The summed E-state index contributed by atoms with van der Waals surface area (Å²) in [5, 5.41) is 0. The molecular formula is C26H29N3O3S. The summed E-state index contributed by atoms with van der Waals surface area (Å²) in [6, 6.07) is 28.2. The predicted octanol–water partition coefficient (Wildman–Crippen LogP) is 3.27. The van der Waals surface area contributed by atoms with Gasteiger partial charge in [-0.25, -0.2) is 8.42 Å². The van der Waals surface area contributed by atoms with Crippen LogP contribution in [0.2, 0.25) is 0 Å². The Labute approximate surface area is 196 Å². The fourth-order valence-electron chi connectivity index (χ4n) is 4.03. The van der Waals surface area contributed by atoms with Gasteiger partial charge < -0.3 is 9.80 Å². The first-order valence-electron chi connectivity index (χ1n) is 11.2. The minimum Gasteiger partial charge on any atom is -0.368 e. The molecule has 0 spiro atoms. The minimum atomic E-state index is -3.78. The molecule has 0 saturated carbocycles. The minimum absolute atomic E-state index is 0.157. The molecule has 1 amide bonds. The van der Waals surface area contributed by atoms with Gasteiger partial charge in [0.05, 0.1) is 11.4 Å². The Morgan fingerprint density at radius 2 is 1.30 bits per heavy atom. The molecule has 3 aromatic carbocycles. The lowest BCUT2D eigenvalue weighted by Gasteiger charge is -2.37. The van der Waals surface area contributed by atoms with Gasteiger partial charge in [-0.05, 0) is 36.2 Å².